The first-order valence-corrected chi connectivity index (χ1v) is 3.68. The van der Waals surface area contributed by atoms with E-state index in [1.165, 1.54) is 13.2 Å². The fourth-order valence-corrected chi connectivity index (χ4v) is 0.956. The molecule has 0 aliphatic carbocycles. The van der Waals surface area contributed by atoms with Crippen molar-refractivity contribution in [2.75, 3.05) is 7.05 Å². The molecule has 1 rings (SSSR count). The van der Waals surface area contributed by atoms with E-state index in [2.05, 4.69) is 5.10 Å². The number of hydrazone groups is 1. The summed E-state index contributed by atoms with van der Waals surface area (Å²) in [5.74, 6) is -0.671. The van der Waals surface area contributed by atoms with Gasteiger partial charge in [-0.1, -0.05) is 0 Å². The van der Waals surface area contributed by atoms with Crippen LogP contribution in [0.5, 0.6) is 0 Å². The Morgan fingerprint density at radius 1 is 1.69 bits per heavy atom. The fourth-order valence-electron chi connectivity index (χ4n) is 0.956. The van der Waals surface area contributed by atoms with E-state index in [0.29, 0.717) is 0 Å². The summed E-state index contributed by atoms with van der Waals surface area (Å²) in [4.78, 5) is 22.0. The number of nitrogens with one attached hydrogen (secondary N) is 1. The molecule has 0 saturated heterocycles. The molecule has 0 fully saturated rings. The smallest absolute Gasteiger partial charge is 0.273 e. The Hall–Kier alpha value is -1.90. The molecule has 0 bridgehead atoms. The van der Waals surface area contributed by atoms with Crippen LogP contribution in [-0.2, 0) is 9.59 Å². The van der Waals surface area contributed by atoms with Crippen LogP contribution in [0.15, 0.2) is 5.10 Å². The number of hydrogen-bond donors (Lipinski definition) is 1. The average molecular weight is 180 g/mol. The molecule has 0 aromatic heterocycles. The molecule has 1 aliphatic heterocycles. The molecular weight excluding hydrogens is 172 g/mol. The monoisotopic (exact) mass is 180 g/mol. The van der Waals surface area contributed by atoms with Gasteiger partial charge in [0.1, 0.15) is 5.71 Å². The highest BCUT2D eigenvalue weighted by Crippen LogP contribution is 2.06. The van der Waals surface area contributed by atoms with Crippen molar-refractivity contribution in [2.24, 2.45) is 5.10 Å². The molecule has 0 spiro atoms. The van der Waals surface area contributed by atoms with Crippen molar-refractivity contribution in [3.63, 3.8) is 0 Å². The Kier molecular flexibility index (Phi) is 2.59. The van der Waals surface area contributed by atoms with Gasteiger partial charge in [-0.05, 0) is 0 Å². The van der Waals surface area contributed by atoms with Crippen LogP contribution in [0, 0.1) is 11.5 Å². The molecule has 0 atom stereocenters. The normalized spacial score (nSPS) is 16.2. The maximum atomic E-state index is 11.0. The zero-order chi connectivity index (χ0) is 9.84. The van der Waals surface area contributed by atoms with Gasteiger partial charge in [-0.3, -0.25) is 14.9 Å². The Bertz CT molecular complexity index is 315. The highest BCUT2D eigenvalue weighted by atomic mass is 16.2. The molecule has 0 saturated carbocycles. The van der Waals surface area contributed by atoms with Crippen LogP contribution in [0.1, 0.15) is 12.8 Å². The summed E-state index contributed by atoms with van der Waals surface area (Å²) in [5.41, 5.74) is 0.212. The molecule has 1 heterocycles. The quantitative estimate of drug-likeness (QED) is 0.423. The summed E-state index contributed by atoms with van der Waals surface area (Å²) in [5, 5.41) is 14.9. The van der Waals surface area contributed by atoms with E-state index in [-0.39, 0.29) is 24.5 Å². The Morgan fingerprint density at radius 2 is 2.38 bits per heavy atom. The van der Waals surface area contributed by atoms with Crippen LogP contribution in [-0.4, -0.2) is 29.6 Å². The lowest BCUT2D eigenvalue weighted by Crippen LogP contribution is -2.35. The number of amides is 2. The average Bonchev–Trinajstić information content (AvgIpc) is 2.10. The summed E-state index contributed by atoms with van der Waals surface area (Å²) in [6, 6.07) is 0. The van der Waals surface area contributed by atoms with Gasteiger partial charge in [-0.15, -0.1) is 0 Å². The molecular formula is C7H8N4O2. The third-order valence-electron chi connectivity index (χ3n) is 1.64. The molecule has 0 aromatic carbocycles. The minimum Gasteiger partial charge on any atom is -0.273 e. The molecule has 2 amide bonds. The lowest BCUT2D eigenvalue weighted by molar-refractivity contribution is -0.130. The predicted molar refractivity (Wildman–Crippen MR) is 43.2 cm³/mol. The van der Waals surface area contributed by atoms with Crippen molar-refractivity contribution >= 4 is 17.5 Å². The summed E-state index contributed by atoms with van der Waals surface area (Å²) >= 11 is 0. The van der Waals surface area contributed by atoms with Crippen LogP contribution < -0.4 is 5.32 Å². The van der Waals surface area contributed by atoms with E-state index >= 15 is 0 Å². The van der Waals surface area contributed by atoms with E-state index in [1.54, 1.807) is 0 Å². The number of nitrogens with zero attached hydrogens (tertiary/aromatic N) is 3. The molecule has 68 valence electrons. The van der Waals surface area contributed by atoms with Crippen molar-refractivity contribution < 1.29 is 9.59 Å². The molecule has 6 heteroatoms. The summed E-state index contributed by atoms with van der Waals surface area (Å²) in [6.07, 6.45) is 2.05. The Morgan fingerprint density at radius 3 is 2.92 bits per heavy atom. The number of hydrogen-bond acceptors (Lipinski definition) is 4. The summed E-state index contributed by atoms with van der Waals surface area (Å²) in [6.45, 7) is 0. The number of carbonyl (C=O) groups excluding carboxylic acids is 2. The van der Waals surface area contributed by atoms with Gasteiger partial charge >= 0.3 is 0 Å². The minimum absolute atomic E-state index is 0.131. The second-order valence-electron chi connectivity index (χ2n) is 2.53. The second-order valence-corrected chi connectivity index (χ2v) is 2.53. The van der Waals surface area contributed by atoms with Gasteiger partial charge in [-0.25, -0.2) is 5.01 Å². The van der Waals surface area contributed by atoms with Crippen LogP contribution in [0.2, 0.25) is 0 Å². The van der Waals surface area contributed by atoms with Gasteiger partial charge < -0.3 is 0 Å². The Labute approximate surface area is 74.8 Å². The van der Waals surface area contributed by atoms with E-state index in [1.807, 2.05) is 5.32 Å². The van der Waals surface area contributed by atoms with Gasteiger partial charge in [0, 0.05) is 19.9 Å². The number of rotatable bonds is 1. The number of carbonyl (C=O) groups is 2. The van der Waals surface area contributed by atoms with Crippen molar-refractivity contribution in [3.8, 4) is 6.19 Å². The SMILES string of the molecule is CN1N=C(C(=O)NC#N)CCC1=O. The highest BCUT2D eigenvalue weighted by molar-refractivity contribution is 6.39. The van der Waals surface area contributed by atoms with E-state index < -0.39 is 5.91 Å². The van der Waals surface area contributed by atoms with Crippen LogP contribution in [0.25, 0.3) is 0 Å². The van der Waals surface area contributed by atoms with Crippen LogP contribution in [0.4, 0.5) is 0 Å². The largest absolute Gasteiger partial charge is 0.280 e. The molecule has 13 heavy (non-hydrogen) atoms. The lowest BCUT2D eigenvalue weighted by Gasteiger charge is -2.17. The van der Waals surface area contributed by atoms with Gasteiger partial charge in [0.05, 0.1) is 0 Å². The first kappa shape index (κ1) is 9.19. The maximum absolute atomic E-state index is 11.0. The Balaban J connectivity index is 2.73. The van der Waals surface area contributed by atoms with E-state index in [4.69, 9.17) is 5.26 Å². The standard InChI is InChI=1S/C7H8N4O2/c1-11-6(12)3-2-5(10-11)7(13)9-4-8/h2-3H2,1H3,(H,9,13). The third kappa shape index (κ3) is 2.02. The maximum Gasteiger partial charge on any atom is 0.280 e. The first-order valence-electron chi connectivity index (χ1n) is 3.68. The highest BCUT2D eigenvalue weighted by Gasteiger charge is 2.21. The van der Waals surface area contributed by atoms with Crippen molar-refractivity contribution in [2.45, 2.75) is 12.8 Å². The topological polar surface area (TPSA) is 85.6 Å². The van der Waals surface area contributed by atoms with Gasteiger partial charge in [0.25, 0.3) is 5.91 Å². The minimum atomic E-state index is -0.540. The van der Waals surface area contributed by atoms with Gasteiger partial charge in [-0.2, -0.15) is 10.4 Å². The molecule has 1 aliphatic rings. The lowest BCUT2D eigenvalue weighted by atomic mass is 10.1. The van der Waals surface area contributed by atoms with Gasteiger partial charge in [0.2, 0.25) is 5.91 Å². The van der Waals surface area contributed by atoms with Crippen molar-refractivity contribution in [3.05, 3.63) is 0 Å². The predicted octanol–water partition coefficient (Wildman–Crippen LogP) is -0.808. The second kappa shape index (κ2) is 3.67. The van der Waals surface area contributed by atoms with Crippen molar-refractivity contribution in [1.82, 2.24) is 10.3 Å². The third-order valence-corrected chi connectivity index (χ3v) is 1.64. The summed E-state index contributed by atoms with van der Waals surface area (Å²) < 4.78 is 0. The van der Waals surface area contributed by atoms with Crippen LogP contribution >= 0.6 is 0 Å². The van der Waals surface area contributed by atoms with E-state index in [0.717, 1.165) is 5.01 Å². The van der Waals surface area contributed by atoms with Gasteiger partial charge in [0.15, 0.2) is 6.19 Å². The van der Waals surface area contributed by atoms with E-state index in [9.17, 15) is 9.59 Å². The fraction of sp³-hybridized carbons (Fsp3) is 0.429. The number of nitriles is 1. The molecule has 0 aromatic rings. The molecule has 6 nitrogen and oxygen atoms in total. The first-order chi connectivity index (χ1) is 6.15. The van der Waals surface area contributed by atoms with Crippen LogP contribution in [0.3, 0.4) is 0 Å². The zero-order valence-corrected chi connectivity index (χ0v) is 7.07. The molecule has 0 unspecified atom stereocenters. The van der Waals surface area contributed by atoms with Crippen molar-refractivity contribution in [1.29, 1.82) is 5.26 Å². The zero-order valence-electron chi connectivity index (χ0n) is 7.07. The summed E-state index contributed by atoms with van der Waals surface area (Å²) in [7, 11) is 1.47. The molecule has 0 radical (unpaired) electrons. The molecule has 1 N–H and O–H groups in total.